The molecule has 0 saturated carbocycles. The lowest BCUT2D eigenvalue weighted by molar-refractivity contribution is 0.0988. The van der Waals surface area contributed by atoms with E-state index in [1.54, 1.807) is 22.4 Å². The lowest BCUT2D eigenvalue weighted by Crippen LogP contribution is -2.30. The fraction of sp³-hybridized carbons (Fsp3) is 0.150. The molecule has 4 aromatic rings. The van der Waals surface area contributed by atoms with E-state index in [9.17, 15) is 4.79 Å². The van der Waals surface area contributed by atoms with Crippen molar-refractivity contribution in [3.63, 3.8) is 0 Å². The number of halogens is 1. The second-order valence-corrected chi connectivity index (χ2v) is 9.68. The number of fused-ring (bicyclic) bond motifs is 1. The number of nitrogens with zero attached hydrogens (tertiary/aromatic N) is 3. The molecule has 3 aromatic heterocycles. The predicted molar refractivity (Wildman–Crippen MR) is 116 cm³/mol. The Kier molecular flexibility index (Phi) is 5.08. The highest BCUT2D eigenvalue weighted by Gasteiger charge is 2.24. The van der Waals surface area contributed by atoms with Crippen molar-refractivity contribution in [1.82, 2.24) is 9.97 Å². The summed E-state index contributed by atoms with van der Waals surface area (Å²) in [5, 5.41) is 0.693. The van der Waals surface area contributed by atoms with E-state index < -0.39 is 0 Å². The maximum atomic E-state index is 13.2. The van der Waals surface area contributed by atoms with Gasteiger partial charge in [-0.05, 0) is 71.2 Å². The summed E-state index contributed by atoms with van der Waals surface area (Å²) in [6, 6.07) is 13.7. The Bertz CT molecular complexity index is 1120. The molecular formula is C20H16BrN3OS2. The lowest BCUT2D eigenvalue weighted by Gasteiger charge is -2.18. The fourth-order valence-corrected chi connectivity index (χ4v) is 5.27. The number of hydrogen-bond donors (Lipinski definition) is 0. The van der Waals surface area contributed by atoms with Gasteiger partial charge in [0, 0.05) is 6.20 Å². The van der Waals surface area contributed by atoms with Crippen LogP contribution in [0.15, 0.2) is 52.4 Å². The number of hydrogen-bond acceptors (Lipinski definition) is 5. The Hall–Kier alpha value is -2.09. The third-order valence-electron chi connectivity index (χ3n) is 4.12. The van der Waals surface area contributed by atoms with E-state index in [0.29, 0.717) is 16.6 Å². The molecule has 0 radical (unpaired) electrons. The van der Waals surface area contributed by atoms with Crippen molar-refractivity contribution in [2.75, 3.05) is 4.90 Å². The summed E-state index contributed by atoms with van der Waals surface area (Å²) in [7, 11) is 0. The normalized spacial score (nSPS) is 11.1. The number of amides is 1. The van der Waals surface area contributed by atoms with Crippen molar-refractivity contribution in [2.24, 2.45) is 0 Å². The number of carbonyl (C=O) groups excluding carboxylic acids is 1. The van der Waals surface area contributed by atoms with Crippen molar-refractivity contribution in [1.29, 1.82) is 0 Å². The minimum atomic E-state index is -0.0650. The summed E-state index contributed by atoms with van der Waals surface area (Å²) >= 11 is 6.41. The smallest absolute Gasteiger partial charge is 0.270 e. The van der Waals surface area contributed by atoms with Gasteiger partial charge in [-0.3, -0.25) is 14.7 Å². The third kappa shape index (κ3) is 3.81. The topological polar surface area (TPSA) is 46.1 Å². The maximum absolute atomic E-state index is 13.2. The Morgan fingerprint density at radius 3 is 2.70 bits per heavy atom. The molecular weight excluding hydrogens is 442 g/mol. The van der Waals surface area contributed by atoms with E-state index in [1.165, 1.54) is 22.5 Å². The van der Waals surface area contributed by atoms with Crippen LogP contribution in [0.5, 0.6) is 0 Å². The molecule has 0 fully saturated rings. The molecule has 0 atom stereocenters. The van der Waals surface area contributed by atoms with Crippen LogP contribution in [0.4, 0.5) is 5.13 Å². The van der Waals surface area contributed by atoms with Crippen molar-refractivity contribution in [3.8, 4) is 0 Å². The fourth-order valence-electron chi connectivity index (χ4n) is 2.92. The summed E-state index contributed by atoms with van der Waals surface area (Å²) in [5.74, 6) is -0.0650. The number of benzene rings is 1. The van der Waals surface area contributed by atoms with E-state index in [4.69, 9.17) is 4.98 Å². The van der Waals surface area contributed by atoms with Crippen LogP contribution < -0.4 is 4.90 Å². The lowest BCUT2D eigenvalue weighted by atomic mass is 10.1. The van der Waals surface area contributed by atoms with E-state index in [2.05, 4.69) is 46.9 Å². The van der Waals surface area contributed by atoms with Crippen LogP contribution in [0, 0.1) is 13.8 Å². The molecule has 1 aromatic carbocycles. The van der Waals surface area contributed by atoms with E-state index in [-0.39, 0.29) is 5.91 Å². The highest BCUT2D eigenvalue weighted by Crippen LogP contribution is 2.34. The first kappa shape index (κ1) is 18.3. The molecule has 4 nitrogen and oxygen atoms in total. The van der Waals surface area contributed by atoms with Crippen LogP contribution in [0.25, 0.3) is 10.2 Å². The van der Waals surface area contributed by atoms with Gasteiger partial charge in [0.2, 0.25) is 0 Å². The number of aryl methyl sites for hydroxylation is 2. The molecule has 0 aliphatic heterocycles. The first-order valence-corrected chi connectivity index (χ1v) is 10.8. The quantitative estimate of drug-likeness (QED) is 0.378. The Morgan fingerprint density at radius 1 is 1.15 bits per heavy atom. The SMILES string of the molecule is Cc1cc(C)c2sc(N(Cc3ccccn3)C(=O)c3ccc(Br)s3)nc2c1. The van der Waals surface area contributed by atoms with Gasteiger partial charge < -0.3 is 0 Å². The van der Waals surface area contributed by atoms with Crippen molar-refractivity contribution in [3.05, 3.63) is 74.1 Å². The van der Waals surface area contributed by atoms with Crippen LogP contribution in [0.3, 0.4) is 0 Å². The molecule has 7 heteroatoms. The van der Waals surface area contributed by atoms with Crippen molar-refractivity contribution in [2.45, 2.75) is 20.4 Å². The van der Waals surface area contributed by atoms with Crippen LogP contribution >= 0.6 is 38.6 Å². The first-order valence-electron chi connectivity index (χ1n) is 8.36. The molecule has 0 unspecified atom stereocenters. The van der Waals surface area contributed by atoms with Crippen molar-refractivity contribution < 1.29 is 4.79 Å². The number of anilines is 1. The molecule has 1 amide bonds. The van der Waals surface area contributed by atoms with E-state index >= 15 is 0 Å². The Morgan fingerprint density at radius 2 is 2.00 bits per heavy atom. The Labute approximate surface area is 173 Å². The van der Waals surface area contributed by atoms with Crippen LogP contribution in [-0.4, -0.2) is 15.9 Å². The largest absolute Gasteiger partial charge is 0.277 e. The molecule has 0 aliphatic rings. The molecule has 0 N–H and O–H groups in total. The van der Waals surface area contributed by atoms with Gasteiger partial charge in [0.25, 0.3) is 5.91 Å². The first-order chi connectivity index (χ1) is 13.0. The number of thiazole rings is 1. The average Bonchev–Trinajstić information content (AvgIpc) is 3.26. The summed E-state index contributed by atoms with van der Waals surface area (Å²) in [6.45, 7) is 4.52. The minimum absolute atomic E-state index is 0.0650. The van der Waals surface area contributed by atoms with Gasteiger partial charge in [0.05, 0.1) is 31.1 Å². The number of pyridine rings is 1. The van der Waals surface area contributed by atoms with Gasteiger partial charge in [-0.15, -0.1) is 11.3 Å². The van der Waals surface area contributed by atoms with Crippen molar-refractivity contribution >= 4 is 59.9 Å². The van der Waals surface area contributed by atoms with Gasteiger partial charge in [0.15, 0.2) is 5.13 Å². The van der Waals surface area contributed by atoms with E-state index in [0.717, 1.165) is 19.7 Å². The highest BCUT2D eigenvalue weighted by molar-refractivity contribution is 9.11. The van der Waals surface area contributed by atoms with Gasteiger partial charge >= 0.3 is 0 Å². The molecule has 3 heterocycles. The van der Waals surface area contributed by atoms with Gasteiger partial charge in [-0.25, -0.2) is 4.98 Å². The molecule has 136 valence electrons. The summed E-state index contributed by atoms with van der Waals surface area (Å²) < 4.78 is 2.04. The van der Waals surface area contributed by atoms with Gasteiger partial charge in [-0.1, -0.05) is 23.5 Å². The molecule has 0 spiro atoms. The standard InChI is InChI=1S/C20H16BrN3OS2/c1-12-9-13(2)18-15(10-12)23-20(27-18)24(11-14-5-3-4-8-22-14)19(25)16-6-7-17(21)26-16/h3-10H,11H2,1-2H3. The molecule has 27 heavy (non-hydrogen) atoms. The summed E-state index contributed by atoms with van der Waals surface area (Å²) in [5.41, 5.74) is 4.10. The molecule has 0 bridgehead atoms. The van der Waals surface area contributed by atoms with Crippen LogP contribution in [-0.2, 0) is 6.54 Å². The summed E-state index contributed by atoms with van der Waals surface area (Å²) in [4.78, 5) is 24.8. The zero-order valence-electron chi connectivity index (χ0n) is 14.8. The number of carbonyl (C=O) groups is 1. The molecule has 0 saturated heterocycles. The molecule has 0 aliphatic carbocycles. The average molecular weight is 458 g/mol. The van der Waals surface area contributed by atoms with Crippen LogP contribution in [0.1, 0.15) is 26.5 Å². The minimum Gasteiger partial charge on any atom is -0.277 e. The highest BCUT2D eigenvalue weighted by atomic mass is 79.9. The zero-order valence-corrected chi connectivity index (χ0v) is 18.0. The number of rotatable bonds is 4. The van der Waals surface area contributed by atoms with Gasteiger partial charge in [-0.2, -0.15) is 0 Å². The zero-order chi connectivity index (χ0) is 19.0. The van der Waals surface area contributed by atoms with Gasteiger partial charge in [0.1, 0.15) is 0 Å². The Balaban J connectivity index is 1.79. The maximum Gasteiger partial charge on any atom is 0.270 e. The van der Waals surface area contributed by atoms with Crippen LogP contribution in [0.2, 0.25) is 0 Å². The predicted octanol–water partition coefficient (Wildman–Crippen LogP) is 5.98. The second kappa shape index (κ2) is 7.50. The second-order valence-electron chi connectivity index (χ2n) is 6.24. The third-order valence-corrected chi connectivity index (χ3v) is 6.96. The molecule has 4 rings (SSSR count). The monoisotopic (exact) mass is 457 g/mol. The number of aromatic nitrogens is 2. The number of thiophene rings is 1. The summed E-state index contributed by atoms with van der Waals surface area (Å²) in [6.07, 6.45) is 1.74. The van der Waals surface area contributed by atoms with E-state index in [1.807, 2.05) is 30.3 Å².